The Morgan fingerprint density at radius 1 is 1.05 bits per heavy atom. The van der Waals surface area contributed by atoms with Gasteiger partial charge in [0.1, 0.15) is 6.54 Å². The summed E-state index contributed by atoms with van der Waals surface area (Å²) in [6, 6.07) is 4.99. The standard InChI is InChI=1S/C12H6F5NO4/c13-10(14,11(15,16)17)12-18(5-8(19)21-12)7-4-2-1-3-6(7)9(20)22-12/h1-4H,5H2/t12-/m1/s1. The van der Waals surface area contributed by atoms with Crippen LogP contribution in [0.2, 0.25) is 0 Å². The van der Waals surface area contributed by atoms with Crippen molar-refractivity contribution in [1.82, 2.24) is 0 Å². The van der Waals surface area contributed by atoms with Crippen molar-refractivity contribution in [2.45, 2.75) is 18.0 Å². The summed E-state index contributed by atoms with van der Waals surface area (Å²) in [4.78, 5) is 23.4. The Morgan fingerprint density at radius 2 is 1.68 bits per heavy atom. The predicted molar refractivity (Wildman–Crippen MR) is 59.0 cm³/mol. The molecule has 0 spiro atoms. The van der Waals surface area contributed by atoms with Gasteiger partial charge in [0.2, 0.25) is 0 Å². The molecular formula is C12H6F5NO4. The molecule has 1 fully saturated rings. The van der Waals surface area contributed by atoms with Crippen LogP contribution in [0.15, 0.2) is 24.3 Å². The molecule has 0 aromatic heterocycles. The van der Waals surface area contributed by atoms with Crippen LogP contribution in [0.1, 0.15) is 10.4 Å². The summed E-state index contributed by atoms with van der Waals surface area (Å²) in [5.74, 6) is -12.3. The Kier molecular flexibility index (Phi) is 2.70. The van der Waals surface area contributed by atoms with E-state index in [9.17, 15) is 31.5 Å². The van der Waals surface area contributed by atoms with E-state index in [-0.39, 0.29) is 11.3 Å². The Morgan fingerprint density at radius 3 is 2.32 bits per heavy atom. The molecule has 22 heavy (non-hydrogen) atoms. The zero-order valence-electron chi connectivity index (χ0n) is 10.5. The molecule has 0 N–H and O–H groups in total. The van der Waals surface area contributed by atoms with Crippen molar-refractivity contribution in [3.8, 4) is 0 Å². The summed E-state index contributed by atoms with van der Waals surface area (Å²) < 4.78 is 74.3. The summed E-state index contributed by atoms with van der Waals surface area (Å²) in [5, 5.41) is 0. The van der Waals surface area contributed by atoms with Crippen LogP contribution < -0.4 is 4.90 Å². The number of fused-ring (bicyclic) bond motifs is 3. The third-order valence-corrected chi connectivity index (χ3v) is 3.29. The highest BCUT2D eigenvalue weighted by Gasteiger charge is 2.81. The van der Waals surface area contributed by atoms with Gasteiger partial charge >= 0.3 is 29.9 Å². The maximum absolute atomic E-state index is 13.9. The van der Waals surface area contributed by atoms with Crippen molar-refractivity contribution in [2.75, 3.05) is 11.4 Å². The minimum absolute atomic E-state index is 0.241. The van der Waals surface area contributed by atoms with Gasteiger partial charge in [-0.15, -0.1) is 0 Å². The zero-order valence-corrected chi connectivity index (χ0v) is 10.5. The van der Waals surface area contributed by atoms with E-state index < -0.39 is 36.5 Å². The molecule has 0 amide bonds. The predicted octanol–water partition coefficient (Wildman–Crippen LogP) is 2.07. The third kappa shape index (κ3) is 1.63. The average molecular weight is 323 g/mol. The fourth-order valence-electron chi connectivity index (χ4n) is 2.33. The number of carbonyl (C=O) groups is 2. The lowest BCUT2D eigenvalue weighted by molar-refractivity contribution is -0.384. The molecule has 0 bridgehead atoms. The minimum atomic E-state index is -6.09. The fourth-order valence-corrected chi connectivity index (χ4v) is 2.33. The van der Waals surface area contributed by atoms with Gasteiger partial charge in [-0.25, -0.2) is 9.59 Å². The van der Waals surface area contributed by atoms with Crippen LogP contribution in [0.25, 0.3) is 0 Å². The number of hydrogen-bond donors (Lipinski definition) is 0. The van der Waals surface area contributed by atoms with Gasteiger partial charge in [-0.3, -0.25) is 4.90 Å². The molecule has 0 radical (unpaired) electrons. The van der Waals surface area contributed by atoms with E-state index in [0.717, 1.165) is 6.07 Å². The van der Waals surface area contributed by atoms with E-state index in [1.54, 1.807) is 0 Å². The molecule has 2 heterocycles. The first-order valence-electron chi connectivity index (χ1n) is 5.86. The van der Waals surface area contributed by atoms with Gasteiger partial charge in [0.05, 0.1) is 11.3 Å². The molecule has 2 aliphatic rings. The van der Waals surface area contributed by atoms with Crippen molar-refractivity contribution < 1.29 is 41.0 Å². The number of benzene rings is 1. The number of alkyl halides is 5. The Bertz CT molecular complexity index is 674. The second kappa shape index (κ2) is 4.08. The quantitative estimate of drug-likeness (QED) is 0.585. The van der Waals surface area contributed by atoms with E-state index in [1.807, 2.05) is 0 Å². The van der Waals surface area contributed by atoms with Crippen molar-refractivity contribution >= 4 is 17.6 Å². The largest absolute Gasteiger partial charge is 0.464 e. The Balaban J connectivity index is 2.23. The van der Waals surface area contributed by atoms with Crippen LogP contribution in [0.5, 0.6) is 0 Å². The number of nitrogens with zero attached hydrogens (tertiary/aromatic N) is 1. The van der Waals surface area contributed by atoms with Gasteiger partial charge in [0, 0.05) is 0 Å². The van der Waals surface area contributed by atoms with Crippen molar-refractivity contribution in [3.63, 3.8) is 0 Å². The molecule has 0 aliphatic carbocycles. The molecule has 1 aromatic carbocycles. The zero-order chi connectivity index (χ0) is 16.3. The normalized spacial score (nSPS) is 24.5. The summed E-state index contributed by atoms with van der Waals surface area (Å²) in [5.41, 5.74) is -0.539. The van der Waals surface area contributed by atoms with Crippen molar-refractivity contribution in [3.05, 3.63) is 29.8 Å². The SMILES string of the molecule is O=C1CN2c3ccccc3C(=O)O[C@@]2(C(F)(F)C(F)(F)F)O1. The molecule has 2 aliphatic heterocycles. The Labute approximate surface area is 119 Å². The lowest BCUT2D eigenvalue weighted by atomic mass is 10.1. The summed E-state index contributed by atoms with van der Waals surface area (Å²) in [6.45, 7) is -0.907. The van der Waals surface area contributed by atoms with Crippen LogP contribution in [-0.2, 0) is 14.3 Å². The van der Waals surface area contributed by atoms with Gasteiger partial charge in [-0.1, -0.05) is 12.1 Å². The maximum Gasteiger partial charge on any atom is 0.464 e. The molecule has 0 unspecified atom stereocenters. The lowest BCUT2D eigenvalue weighted by Crippen LogP contribution is -2.68. The molecule has 10 heteroatoms. The number of hydrogen-bond acceptors (Lipinski definition) is 5. The average Bonchev–Trinajstić information content (AvgIpc) is 2.76. The van der Waals surface area contributed by atoms with Crippen LogP contribution in [-0.4, -0.2) is 36.5 Å². The number of rotatable bonds is 1. The highest BCUT2D eigenvalue weighted by Crippen LogP contribution is 2.53. The summed E-state index contributed by atoms with van der Waals surface area (Å²) in [6.07, 6.45) is -6.09. The monoisotopic (exact) mass is 323 g/mol. The topological polar surface area (TPSA) is 55.8 Å². The molecule has 118 valence electrons. The second-order valence-electron chi connectivity index (χ2n) is 4.62. The van der Waals surface area contributed by atoms with Crippen LogP contribution in [0, 0.1) is 0 Å². The fraction of sp³-hybridized carbons (Fsp3) is 0.333. The first-order valence-corrected chi connectivity index (χ1v) is 5.86. The summed E-state index contributed by atoms with van der Waals surface area (Å²) in [7, 11) is 0. The van der Waals surface area contributed by atoms with E-state index in [1.165, 1.54) is 18.2 Å². The minimum Gasteiger partial charge on any atom is -0.397 e. The van der Waals surface area contributed by atoms with Crippen molar-refractivity contribution in [2.24, 2.45) is 0 Å². The highest BCUT2D eigenvalue weighted by atomic mass is 19.4. The summed E-state index contributed by atoms with van der Waals surface area (Å²) >= 11 is 0. The van der Waals surface area contributed by atoms with Crippen LogP contribution in [0.4, 0.5) is 27.6 Å². The van der Waals surface area contributed by atoms with E-state index in [4.69, 9.17) is 0 Å². The van der Waals surface area contributed by atoms with Crippen LogP contribution in [0.3, 0.4) is 0 Å². The molecule has 0 saturated carbocycles. The molecule has 5 nitrogen and oxygen atoms in total. The number of esters is 2. The lowest BCUT2D eigenvalue weighted by Gasteiger charge is -2.43. The number of halogens is 5. The first kappa shape index (κ1) is 14.5. The number of para-hydroxylation sites is 1. The van der Waals surface area contributed by atoms with Crippen LogP contribution >= 0.6 is 0 Å². The molecule has 3 rings (SSSR count). The first-order chi connectivity index (χ1) is 10.1. The molecule has 1 atom stereocenters. The highest BCUT2D eigenvalue weighted by molar-refractivity contribution is 6.00. The smallest absolute Gasteiger partial charge is 0.397 e. The van der Waals surface area contributed by atoms with Gasteiger partial charge < -0.3 is 9.47 Å². The van der Waals surface area contributed by atoms with E-state index in [2.05, 4.69) is 9.47 Å². The maximum atomic E-state index is 13.9. The van der Waals surface area contributed by atoms with Gasteiger partial charge in [-0.05, 0) is 12.1 Å². The van der Waals surface area contributed by atoms with Gasteiger partial charge in [-0.2, -0.15) is 22.0 Å². The number of carbonyl (C=O) groups excluding carboxylic acids is 2. The van der Waals surface area contributed by atoms with Crippen molar-refractivity contribution in [1.29, 1.82) is 0 Å². The molecular weight excluding hydrogens is 317 g/mol. The number of ether oxygens (including phenoxy) is 2. The van der Waals surface area contributed by atoms with E-state index >= 15 is 0 Å². The second-order valence-corrected chi connectivity index (χ2v) is 4.62. The molecule has 1 aromatic rings. The molecule has 1 saturated heterocycles. The third-order valence-electron chi connectivity index (χ3n) is 3.29. The Hall–Kier alpha value is -2.39. The number of anilines is 1. The van der Waals surface area contributed by atoms with Gasteiger partial charge in [0.25, 0.3) is 0 Å². The van der Waals surface area contributed by atoms with E-state index in [0.29, 0.717) is 4.90 Å². The van der Waals surface area contributed by atoms with Gasteiger partial charge in [0.15, 0.2) is 0 Å².